The zero-order valence-electron chi connectivity index (χ0n) is 15.4. The lowest BCUT2D eigenvalue weighted by Gasteiger charge is -2.55. The van der Waals surface area contributed by atoms with Crippen molar-refractivity contribution in [1.29, 1.82) is 0 Å². The van der Waals surface area contributed by atoms with Crippen molar-refractivity contribution in [3.05, 3.63) is 29.8 Å². The molecule has 3 saturated carbocycles. The summed E-state index contributed by atoms with van der Waals surface area (Å²) in [6, 6.07) is 7.37. The smallest absolute Gasteiger partial charge is 0.258 e. The fourth-order valence-electron chi connectivity index (χ4n) is 5.65. The van der Waals surface area contributed by atoms with Crippen LogP contribution in [0, 0.1) is 17.8 Å². The van der Waals surface area contributed by atoms with Gasteiger partial charge >= 0.3 is 0 Å². The van der Waals surface area contributed by atoms with Crippen molar-refractivity contribution < 1.29 is 19.4 Å². The van der Waals surface area contributed by atoms with E-state index in [1.165, 1.54) is 0 Å². The van der Waals surface area contributed by atoms with Crippen LogP contribution in [0.2, 0.25) is 0 Å². The number of fused-ring (bicyclic) bond motifs is 3. The number of likely N-dealkylation sites (tertiary alicyclic amines) is 1. The van der Waals surface area contributed by atoms with Gasteiger partial charge in [0, 0.05) is 31.3 Å². The molecule has 27 heavy (non-hydrogen) atoms. The molecule has 1 aromatic carbocycles. The van der Waals surface area contributed by atoms with Gasteiger partial charge in [-0.3, -0.25) is 9.59 Å². The molecule has 6 heteroatoms. The van der Waals surface area contributed by atoms with Gasteiger partial charge in [0.25, 0.3) is 5.91 Å². The van der Waals surface area contributed by atoms with E-state index in [0.29, 0.717) is 24.3 Å². The van der Waals surface area contributed by atoms with Gasteiger partial charge in [-0.25, -0.2) is 0 Å². The van der Waals surface area contributed by atoms with Crippen LogP contribution in [0.4, 0.5) is 0 Å². The number of hydrogen-bond acceptors (Lipinski definition) is 4. The Kier molecular flexibility index (Phi) is 3.93. The van der Waals surface area contributed by atoms with Crippen molar-refractivity contribution in [2.24, 2.45) is 17.8 Å². The maximum Gasteiger partial charge on any atom is 0.258 e. The third-order valence-electron chi connectivity index (χ3n) is 6.99. The predicted molar refractivity (Wildman–Crippen MR) is 98.0 cm³/mol. The van der Waals surface area contributed by atoms with Gasteiger partial charge in [0.1, 0.15) is 5.75 Å². The average Bonchev–Trinajstić information content (AvgIpc) is 2.68. The summed E-state index contributed by atoms with van der Waals surface area (Å²) in [6.45, 7) is 1.20. The Hall–Kier alpha value is -2.08. The van der Waals surface area contributed by atoms with Crippen LogP contribution in [0.25, 0.3) is 0 Å². The molecule has 3 aliphatic carbocycles. The van der Waals surface area contributed by atoms with Crippen LogP contribution in [0.15, 0.2) is 24.3 Å². The van der Waals surface area contributed by atoms with Gasteiger partial charge in [0.05, 0.1) is 11.7 Å². The van der Waals surface area contributed by atoms with E-state index in [4.69, 9.17) is 4.74 Å². The summed E-state index contributed by atoms with van der Waals surface area (Å²) >= 11 is 0. The molecule has 4 fully saturated rings. The highest BCUT2D eigenvalue weighted by molar-refractivity contribution is 5.98. The summed E-state index contributed by atoms with van der Waals surface area (Å²) < 4.78 is 6.36. The number of piperidine rings is 1. The van der Waals surface area contributed by atoms with Crippen LogP contribution < -0.4 is 10.1 Å². The lowest BCUT2D eigenvalue weighted by Crippen LogP contribution is -2.67. The second kappa shape index (κ2) is 6.23. The zero-order chi connectivity index (χ0) is 18.6. The molecular weight excluding hydrogens is 344 g/mol. The van der Waals surface area contributed by atoms with Crippen molar-refractivity contribution in [1.82, 2.24) is 10.2 Å². The molecule has 2 amide bonds. The van der Waals surface area contributed by atoms with Gasteiger partial charge in [-0.15, -0.1) is 0 Å². The van der Waals surface area contributed by atoms with Crippen molar-refractivity contribution in [2.75, 3.05) is 13.1 Å². The topological polar surface area (TPSA) is 78.9 Å². The van der Waals surface area contributed by atoms with E-state index in [1.807, 2.05) is 23.1 Å². The molecule has 5 atom stereocenters. The number of carbonyl (C=O) groups is 2. The van der Waals surface area contributed by atoms with E-state index in [1.54, 1.807) is 6.07 Å². The lowest BCUT2D eigenvalue weighted by molar-refractivity contribution is -0.157. The number of para-hydroxylation sites is 1. The van der Waals surface area contributed by atoms with E-state index in [-0.39, 0.29) is 29.6 Å². The number of benzene rings is 1. The van der Waals surface area contributed by atoms with E-state index in [9.17, 15) is 14.7 Å². The Labute approximate surface area is 158 Å². The Morgan fingerprint density at radius 1 is 1.26 bits per heavy atom. The van der Waals surface area contributed by atoms with Crippen LogP contribution in [-0.2, 0) is 4.79 Å². The molecule has 0 unspecified atom stereocenters. The molecule has 5 aliphatic rings. The van der Waals surface area contributed by atoms with Crippen LogP contribution in [-0.4, -0.2) is 46.7 Å². The van der Waals surface area contributed by atoms with Gasteiger partial charge in [-0.1, -0.05) is 12.1 Å². The van der Waals surface area contributed by atoms with E-state index >= 15 is 0 Å². The standard InChI is InChI=1S/C21H26N2O4/c24-15-4-3-9-23(12-15)20(26)17-10-14-8-7-13(17)11-21(14)22-19(25)16-5-1-2-6-18(16)27-21/h1-2,5-6,13-15,17,24H,3-4,7-12H2,(H,22,25)/t13-,14+,15+,17+,21-/m1/s1. The van der Waals surface area contributed by atoms with Crippen molar-refractivity contribution in [3.63, 3.8) is 0 Å². The third kappa shape index (κ3) is 2.73. The molecule has 2 aliphatic heterocycles. The monoisotopic (exact) mass is 370 g/mol. The molecule has 2 N–H and O–H groups in total. The summed E-state index contributed by atoms with van der Waals surface area (Å²) in [5.74, 6) is 1.09. The number of hydrogen-bond donors (Lipinski definition) is 2. The molecule has 1 aromatic rings. The Morgan fingerprint density at radius 2 is 2.11 bits per heavy atom. The maximum absolute atomic E-state index is 13.1. The molecule has 1 saturated heterocycles. The Morgan fingerprint density at radius 3 is 2.89 bits per heavy atom. The molecular formula is C21H26N2O4. The maximum atomic E-state index is 13.1. The SMILES string of the molecule is O=C1N[C@]2(C[C@H]3CC[C@H]2C[C@@H]3C(=O)N2CCC[C@H](O)C2)Oc2ccccc21. The fraction of sp³-hybridized carbons (Fsp3) is 0.619. The second-order valence-electron chi connectivity index (χ2n) is 8.60. The van der Waals surface area contributed by atoms with Gasteiger partial charge < -0.3 is 20.1 Å². The molecule has 6 rings (SSSR count). The number of β-amino-alcohol motifs (C(OH)–C–C–N with tert-alkyl or cyclic N) is 1. The molecule has 2 bridgehead atoms. The summed E-state index contributed by atoms with van der Waals surface area (Å²) in [4.78, 5) is 27.6. The average molecular weight is 370 g/mol. The molecule has 1 spiro atoms. The lowest BCUT2D eigenvalue weighted by atomic mass is 9.59. The normalized spacial score (nSPS) is 37.5. The zero-order valence-corrected chi connectivity index (χ0v) is 15.4. The van der Waals surface area contributed by atoms with Crippen molar-refractivity contribution >= 4 is 11.8 Å². The number of ether oxygens (including phenoxy) is 1. The van der Waals surface area contributed by atoms with Gasteiger partial charge in [0.2, 0.25) is 5.91 Å². The quantitative estimate of drug-likeness (QED) is 0.792. The number of rotatable bonds is 1. The van der Waals surface area contributed by atoms with Gasteiger partial charge in [0.15, 0.2) is 5.72 Å². The van der Waals surface area contributed by atoms with Crippen LogP contribution in [0.1, 0.15) is 48.9 Å². The number of nitrogens with zero attached hydrogens (tertiary/aromatic N) is 1. The van der Waals surface area contributed by atoms with Crippen LogP contribution >= 0.6 is 0 Å². The second-order valence-corrected chi connectivity index (χ2v) is 8.60. The largest absolute Gasteiger partial charge is 0.467 e. The number of carbonyl (C=O) groups excluding carboxylic acids is 2. The van der Waals surface area contributed by atoms with E-state index in [0.717, 1.165) is 38.6 Å². The van der Waals surface area contributed by atoms with Gasteiger partial charge in [-0.05, 0) is 50.2 Å². The first-order valence-corrected chi connectivity index (χ1v) is 10.1. The molecule has 2 heterocycles. The Balaban J connectivity index is 1.36. The number of amides is 2. The first-order chi connectivity index (χ1) is 13.1. The summed E-state index contributed by atoms with van der Waals surface area (Å²) in [5, 5.41) is 13.1. The highest BCUT2D eigenvalue weighted by Gasteiger charge is 2.57. The first-order valence-electron chi connectivity index (χ1n) is 10.1. The highest BCUT2D eigenvalue weighted by Crippen LogP contribution is 2.52. The number of aliphatic hydroxyl groups excluding tert-OH is 1. The minimum Gasteiger partial charge on any atom is -0.467 e. The van der Waals surface area contributed by atoms with E-state index in [2.05, 4.69) is 5.32 Å². The highest BCUT2D eigenvalue weighted by atomic mass is 16.5. The molecule has 6 nitrogen and oxygen atoms in total. The summed E-state index contributed by atoms with van der Waals surface area (Å²) in [7, 11) is 0. The molecule has 0 aromatic heterocycles. The van der Waals surface area contributed by atoms with Crippen LogP contribution in [0.5, 0.6) is 5.75 Å². The predicted octanol–water partition coefficient (Wildman–Crippen LogP) is 1.92. The van der Waals surface area contributed by atoms with E-state index < -0.39 is 11.8 Å². The summed E-state index contributed by atoms with van der Waals surface area (Å²) in [5.41, 5.74) is -0.0912. The number of nitrogens with one attached hydrogen (secondary N) is 1. The van der Waals surface area contributed by atoms with Crippen molar-refractivity contribution in [3.8, 4) is 5.75 Å². The van der Waals surface area contributed by atoms with Crippen LogP contribution in [0.3, 0.4) is 0 Å². The third-order valence-corrected chi connectivity index (χ3v) is 6.99. The molecule has 0 radical (unpaired) electrons. The molecule has 144 valence electrons. The first kappa shape index (κ1) is 17.0. The number of aliphatic hydroxyl groups is 1. The van der Waals surface area contributed by atoms with Crippen molar-refractivity contribution in [2.45, 2.75) is 50.4 Å². The minimum atomic E-state index is -0.674. The Bertz CT molecular complexity index is 781. The fourth-order valence-corrected chi connectivity index (χ4v) is 5.65. The minimum absolute atomic E-state index is 0.0163. The summed E-state index contributed by atoms with van der Waals surface area (Å²) in [6.07, 6.45) is 4.66. The van der Waals surface area contributed by atoms with Gasteiger partial charge in [-0.2, -0.15) is 0 Å².